The van der Waals surface area contributed by atoms with Crippen molar-refractivity contribution >= 4 is 38.9 Å². The summed E-state index contributed by atoms with van der Waals surface area (Å²) in [5, 5.41) is 0.558. The number of benzene rings is 2. The van der Waals surface area contributed by atoms with Crippen LogP contribution in [-0.2, 0) is 10.0 Å². The summed E-state index contributed by atoms with van der Waals surface area (Å²) in [4.78, 5) is 0.156. The van der Waals surface area contributed by atoms with E-state index in [9.17, 15) is 8.42 Å². The Labute approximate surface area is 122 Å². The zero-order chi connectivity index (χ0) is 14.0. The van der Waals surface area contributed by atoms with Crippen molar-refractivity contribution in [3.05, 3.63) is 58.1 Å². The van der Waals surface area contributed by atoms with Gasteiger partial charge in [0, 0.05) is 0 Å². The second kappa shape index (κ2) is 5.41. The molecule has 0 aliphatic rings. The van der Waals surface area contributed by atoms with Gasteiger partial charge in [0.2, 0.25) is 0 Å². The lowest BCUT2D eigenvalue weighted by Crippen LogP contribution is -2.13. The lowest BCUT2D eigenvalue weighted by Gasteiger charge is -2.12. The normalized spacial score (nSPS) is 11.3. The summed E-state index contributed by atoms with van der Waals surface area (Å²) in [7, 11) is -3.69. The van der Waals surface area contributed by atoms with Crippen molar-refractivity contribution < 1.29 is 8.42 Å². The van der Waals surface area contributed by atoms with Crippen LogP contribution in [0, 0.1) is 6.92 Å². The first kappa shape index (κ1) is 14.2. The monoisotopic (exact) mass is 315 g/mol. The molecule has 0 unspecified atom stereocenters. The molecule has 0 bridgehead atoms. The Morgan fingerprint density at radius 2 is 1.63 bits per heavy atom. The quantitative estimate of drug-likeness (QED) is 0.926. The van der Waals surface area contributed by atoms with Crippen molar-refractivity contribution in [1.29, 1.82) is 0 Å². The van der Waals surface area contributed by atoms with Gasteiger partial charge in [0.1, 0.15) is 0 Å². The number of rotatable bonds is 3. The molecule has 2 aromatic carbocycles. The highest BCUT2D eigenvalue weighted by Gasteiger charge is 2.18. The van der Waals surface area contributed by atoms with Gasteiger partial charge in [-0.15, -0.1) is 0 Å². The number of nitrogens with one attached hydrogen (secondary N) is 1. The molecule has 0 amide bonds. The Balaban J connectivity index is 2.45. The molecule has 0 radical (unpaired) electrons. The first-order chi connectivity index (χ1) is 8.92. The van der Waals surface area contributed by atoms with Crippen LogP contribution in [-0.4, -0.2) is 8.42 Å². The van der Waals surface area contributed by atoms with Gasteiger partial charge in [0.25, 0.3) is 10.0 Å². The molecule has 1 N–H and O–H groups in total. The summed E-state index contributed by atoms with van der Waals surface area (Å²) in [6.07, 6.45) is 0. The van der Waals surface area contributed by atoms with Crippen molar-refractivity contribution in [1.82, 2.24) is 0 Å². The van der Waals surface area contributed by atoms with Crippen LogP contribution < -0.4 is 4.72 Å². The molecule has 0 saturated carbocycles. The fourth-order valence-electron chi connectivity index (χ4n) is 1.54. The maximum absolute atomic E-state index is 12.2. The van der Waals surface area contributed by atoms with Crippen molar-refractivity contribution in [2.24, 2.45) is 0 Å². The molecule has 0 atom stereocenters. The van der Waals surface area contributed by atoms with E-state index in [2.05, 4.69) is 4.72 Å². The number of sulfonamides is 1. The van der Waals surface area contributed by atoms with E-state index in [-0.39, 0.29) is 15.6 Å². The van der Waals surface area contributed by atoms with Gasteiger partial charge in [-0.1, -0.05) is 47.5 Å². The predicted octanol–water partition coefficient (Wildman–Crippen LogP) is 4.10. The minimum atomic E-state index is -3.69. The van der Waals surface area contributed by atoms with E-state index in [4.69, 9.17) is 23.2 Å². The van der Waals surface area contributed by atoms with Gasteiger partial charge < -0.3 is 0 Å². The molecule has 0 aliphatic heterocycles. The summed E-state index contributed by atoms with van der Waals surface area (Å²) >= 11 is 12.1. The Bertz CT molecular complexity index is 700. The molecule has 19 heavy (non-hydrogen) atoms. The van der Waals surface area contributed by atoms with Gasteiger partial charge in [0.05, 0.1) is 20.6 Å². The average Bonchev–Trinajstić information content (AvgIpc) is 2.40. The molecule has 2 aromatic rings. The maximum Gasteiger partial charge on any atom is 0.261 e. The van der Waals surface area contributed by atoms with Crippen molar-refractivity contribution in [3.8, 4) is 0 Å². The fourth-order valence-corrected chi connectivity index (χ4v) is 3.23. The second-order valence-electron chi connectivity index (χ2n) is 3.97. The highest BCUT2D eigenvalue weighted by atomic mass is 35.5. The Morgan fingerprint density at radius 1 is 1.00 bits per heavy atom. The molecule has 3 nitrogen and oxygen atoms in total. The summed E-state index contributed by atoms with van der Waals surface area (Å²) in [6.45, 7) is 1.78. The minimum absolute atomic E-state index is 0.156. The first-order valence-electron chi connectivity index (χ1n) is 5.44. The number of hydrogen-bond acceptors (Lipinski definition) is 2. The van der Waals surface area contributed by atoms with Gasteiger partial charge >= 0.3 is 0 Å². The van der Waals surface area contributed by atoms with Crippen LogP contribution in [0.2, 0.25) is 10.0 Å². The van der Waals surface area contributed by atoms with Gasteiger partial charge in [-0.25, -0.2) is 8.42 Å². The number of anilines is 1. The second-order valence-corrected chi connectivity index (χ2v) is 6.44. The van der Waals surface area contributed by atoms with Gasteiger partial charge in [-0.05, 0) is 30.7 Å². The molecule has 2 rings (SSSR count). The first-order valence-corrected chi connectivity index (χ1v) is 7.68. The lowest BCUT2D eigenvalue weighted by atomic mass is 10.2. The average molecular weight is 316 g/mol. The Kier molecular flexibility index (Phi) is 4.04. The van der Waals surface area contributed by atoms with Crippen LogP contribution in [0.4, 0.5) is 5.69 Å². The van der Waals surface area contributed by atoms with Crippen LogP contribution in [0.1, 0.15) is 5.56 Å². The van der Waals surface area contributed by atoms with Crippen LogP contribution >= 0.6 is 23.2 Å². The van der Waals surface area contributed by atoms with Crippen LogP contribution in [0.15, 0.2) is 47.4 Å². The molecular formula is C13H11Cl2NO2S. The topological polar surface area (TPSA) is 46.2 Å². The highest BCUT2D eigenvalue weighted by molar-refractivity contribution is 7.92. The molecule has 0 fully saturated rings. The van der Waals surface area contributed by atoms with Gasteiger partial charge in [0.15, 0.2) is 0 Å². The molecule has 0 saturated heterocycles. The smallest absolute Gasteiger partial charge is 0.261 e. The Hall–Kier alpha value is -1.23. The highest BCUT2D eigenvalue weighted by Crippen LogP contribution is 2.34. The third kappa shape index (κ3) is 3.03. The number of aryl methyl sites for hydroxylation is 1. The number of hydrogen-bond donors (Lipinski definition) is 1. The lowest BCUT2D eigenvalue weighted by molar-refractivity contribution is 0.601. The molecule has 0 heterocycles. The summed E-state index contributed by atoms with van der Waals surface area (Å²) in [6, 6.07) is 11.4. The van der Waals surface area contributed by atoms with Gasteiger partial charge in [-0.2, -0.15) is 0 Å². The standard InChI is InChI=1S/C13H11Cl2NO2S/c1-9-7-8-11(14)13(12(9)15)16-19(17,18)10-5-3-2-4-6-10/h2-8,16H,1H3. The molecule has 0 spiro atoms. The summed E-state index contributed by atoms with van der Waals surface area (Å²) in [5.41, 5.74) is 0.948. The van der Waals surface area contributed by atoms with Gasteiger partial charge in [-0.3, -0.25) is 4.72 Å². The predicted molar refractivity (Wildman–Crippen MR) is 78.4 cm³/mol. The molecule has 100 valence electrons. The molecule has 0 aliphatic carbocycles. The van der Waals surface area contributed by atoms with Crippen LogP contribution in [0.3, 0.4) is 0 Å². The zero-order valence-corrected chi connectivity index (χ0v) is 12.4. The summed E-state index contributed by atoms with van der Waals surface area (Å²) in [5.74, 6) is 0. The van der Waals surface area contributed by atoms with E-state index in [1.54, 1.807) is 37.3 Å². The van der Waals surface area contributed by atoms with E-state index in [0.717, 1.165) is 5.56 Å². The Morgan fingerprint density at radius 3 is 2.26 bits per heavy atom. The molecular weight excluding hydrogens is 305 g/mol. The van der Waals surface area contributed by atoms with Crippen LogP contribution in [0.25, 0.3) is 0 Å². The SMILES string of the molecule is Cc1ccc(Cl)c(NS(=O)(=O)c2ccccc2)c1Cl. The van der Waals surface area contributed by atoms with E-state index >= 15 is 0 Å². The summed E-state index contributed by atoms with van der Waals surface area (Å²) < 4.78 is 26.8. The van der Waals surface area contributed by atoms with E-state index in [0.29, 0.717) is 5.02 Å². The van der Waals surface area contributed by atoms with Crippen molar-refractivity contribution in [2.75, 3.05) is 4.72 Å². The zero-order valence-electron chi connectivity index (χ0n) is 10.0. The largest absolute Gasteiger partial charge is 0.277 e. The third-order valence-electron chi connectivity index (χ3n) is 2.57. The van der Waals surface area contributed by atoms with E-state index < -0.39 is 10.0 Å². The van der Waals surface area contributed by atoms with E-state index in [1.807, 2.05) is 0 Å². The fraction of sp³-hybridized carbons (Fsp3) is 0.0769. The molecule has 0 aromatic heterocycles. The number of halogens is 2. The van der Waals surface area contributed by atoms with E-state index in [1.165, 1.54) is 12.1 Å². The van der Waals surface area contributed by atoms with Crippen molar-refractivity contribution in [2.45, 2.75) is 11.8 Å². The van der Waals surface area contributed by atoms with Crippen molar-refractivity contribution in [3.63, 3.8) is 0 Å². The minimum Gasteiger partial charge on any atom is -0.277 e. The molecule has 6 heteroatoms. The maximum atomic E-state index is 12.2. The third-order valence-corrected chi connectivity index (χ3v) is 4.74. The van der Waals surface area contributed by atoms with Crippen LogP contribution in [0.5, 0.6) is 0 Å².